The number of aryl methyl sites for hydroxylation is 1. The molecule has 0 saturated carbocycles. The zero-order valence-corrected chi connectivity index (χ0v) is 15.4. The number of rotatable bonds is 8. The van der Waals surface area contributed by atoms with Crippen molar-refractivity contribution in [2.45, 2.75) is 32.8 Å². The van der Waals surface area contributed by atoms with E-state index in [0.29, 0.717) is 24.3 Å². The van der Waals surface area contributed by atoms with Crippen molar-refractivity contribution >= 4 is 17.6 Å². The van der Waals surface area contributed by atoms with E-state index in [1.54, 1.807) is 24.3 Å². The molecule has 0 fully saturated rings. The number of benzene rings is 2. The molecule has 0 heterocycles. The minimum absolute atomic E-state index is 0.160. The van der Waals surface area contributed by atoms with Crippen LogP contribution in [-0.2, 0) is 14.3 Å². The molecule has 0 aliphatic rings. The number of ether oxygens (including phenoxy) is 2. The summed E-state index contributed by atoms with van der Waals surface area (Å²) in [5.41, 5.74) is 2.07. The summed E-state index contributed by atoms with van der Waals surface area (Å²) in [6.07, 6.45) is -0.278. The van der Waals surface area contributed by atoms with Crippen LogP contribution in [-0.4, -0.2) is 24.6 Å². The van der Waals surface area contributed by atoms with E-state index in [9.17, 15) is 9.59 Å². The molecular formula is C21H22N2O4. The van der Waals surface area contributed by atoms with Crippen LogP contribution in [0, 0.1) is 18.3 Å². The molecular weight excluding hydrogens is 344 g/mol. The molecule has 27 heavy (non-hydrogen) atoms. The quantitative estimate of drug-likeness (QED) is 0.570. The molecule has 140 valence electrons. The average molecular weight is 366 g/mol. The third kappa shape index (κ3) is 6.83. The number of anilines is 1. The molecule has 1 N–H and O–H groups in total. The largest absolute Gasteiger partial charge is 0.494 e. The molecule has 6 nitrogen and oxygen atoms in total. The lowest BCUT2D eigenvalue weighted by Crippen LogP contribution is -2.30. The van der Waals surface area contributed by atoms with Gasteiger partial charge in [0, 0.05) is 12.1 Å². The molecule has 2 rings (SSSR count). The van der Waals surface area contributed by atoms with Crippen LogP contribution in [0.4, 0.5) is 5.69 Å². The standard InChI is InChI=1S/C21H22N2O4/c1-15-8-10-19(11-9-15)26-12-4-7-20(24)27-16(2)21(25)23-18-6-3-5-17(13-18)14-22/h3,5-6,8-11,13,16H,4,7,12H2,1-2H3,(H,23,25)/t16-/m0/s1. The maximum Gasteiger partial charge on any atom is 0.306 e. The van der Waals surface area contributed by atoms with Crippen molar-refractivity contribution in [3.05, 3.63) is 59.7 Å². The van der Waals surface area contributed by atoms with Gasteiger partial charge in [0.05, 0.1) is 18.2 Å². The van der Waals surface area contributed by atoms with Crippen molar-refractivity contribution in [3.63, 3.8) is 0 Å². The molecule has 0 bridgehead atoms. The van der Waals surface area contributed by atoms with Gasteiger partial charge in [0.2, 0.25) is 0 Å². The Morgan fingerprint density at radius 2 is 1.93 bits per heavy atom. The highest BCUT2D eigenvalue weighted by atomic mass is 16.5. The van der Waals surface area contributed by atoms with Gasteiger partial charge in [-0.15, -0.1) is 0 Å². The summed E-state index contributed by atoms with van der Waals surface area (Å²) < 4.78 is 10.7. The number of carbonyl (C=O) groups is 2. The van der Waals surface area contributed by atoms with Crippen molar-refractivity contribution in [2.75, 3.05) is 11.9 Å². The van der Waals surface area contributed by atoms with Gasteiger partial charge in [0.1, 0.15) is 5.75 Å². The van der Waals surface area contributed by atoms with Gasteiger partial charge in [-0.3, -0.25) is 9.59 Å². The molecule has 1 atom stereocenters. The van der Waals surface area contributed by atoms with Gasteiger partial charge in [-0.1, -0.05) is 23.8 Å². The number of amides is 1. The van der Waals surface area contributed by atoms with Crippen LogP contribution in [0.3, 0.4) is 0 Å². The second kappa shape index (κ2) is 9.97. The van der Waals surface area contributed by atoms with Crippen molar-refractivity contribution in [2.24, 2.45) is 0 Å². The van der Waals surface area contributed by atoms with E-state index >= 15 is 0 Å². The average Bonchev–Trinajstić information content (AvgIpc) is 2.66. The minimum atomic E-state index is -0.929. The highest BCUT2D eigenvalue weighted by Gasteiger charge is 2.17. The molecule has 0 spiro atoms. The molecule has 0 radical (unpaired) electrons. The fraction of sp³-hybridized carbons (Fsp3) is 0.286. The molecule has 0 aliphatic carbocycles. The second-order valence-electron chi connectivity index (χ2n) is 6.08. The van der Waals surface area contributed by atoms with Crippen LogP contribution in [0.2, 0.25) is 0 Å². The predicted molar refractivity (Wildman–Crippen MR) is 101 cm³/mol. The topological polar surface area (TPSA) is 88.4 Å². The number of hydrogen-bond donors (Lipinski definition) is 1. The van der Waals surface area contributed by atoms with Crippen molar-refractivity contribution in [3.8, 4) is 11.8 Å². The first-order valence-corrected chi connectivity index (χ1v) is 8.68. The smallest absolute Gasteiger partial charge is 0.306 e. The summed E-state index contributed by atoms with van der Waals surface area (Å²) in [7, 11) is 0. The molecule has 6 heteroatoms. The number of nitriles is 1. The van der Waals surface area contributed by atoms with E-state index in [2.05, 4.69) is 5.32 Å². The maximum absolute atomic E-state index is 12.1. The molecule has 1 amide bonds. The first-order chi connectivity index (χ1) is 13.0. The van der Waals surface area contributed by atoms with E-state index in [1.807, 2.05) is 37.3 Å². The summed E-state index contributed by atoms with van der Waals surface area (Å²) in [5, 5.41) is 11.5. The maximum atomic E-state index is 12.1. The number of hydrogen-bond acceptors (Lipinski definition) is 5. The molecule has 0 saturated heterocycles. The lowest BCUT2D eigenvalue weighted by Gasteiger charge is -2.14. The fourth-order valence-electron chi connectivity index (χ4n) is 2.26. The van der Waals surface area contributed by atoms with E-state index in [-0.39, 0.29) is 6.42 Å². The number of esters is 1. The van der Waals surface area contributed by atoms with Gasteiger partial charge in [0.25, 0.3) is 5.91 Å². The number of nitrogens with one attached hydrogen (secondary N) is 1. The predicted octanol–water partition coefficient (Wildman–Crippen LogP) is 3.60. The summed E-state index contributed by atoms with van der Waals surface area (Å²) in [5.74, 6) is -0.161. The van der Waals surface area contributed by atoms with Gasteiger partial charge in [-0.25, -0.2) is 0 Å². The zero-order chi connectivity index (χ0) is 19.6. The van der Waals surface area contributed by atoms with Crippen LogP contribution in [0.1, 0.15) is 30.9 Å². The highest BCUT2D eigenvalue weighted by molar-refractivity contribution is 5.95. The zero-order valence-electron chi connectivity index (χ0n) is 15.4. The third-order valence-electron chi connectivity index (χ3n) is 3.75. The van der Waals surface area contributed by atoms with Crippen LogP contribution in [0.15, 0.2) is 48.5 Å². The van der Waals surface area contributed by atoms with Crippen LogP contribution in [0.25, 0.3) is 0 Å². The Hall–Kier alpha value is -3.33. The Labute approximate surface area is 158 Å². The van der Waals surface area contributed by atoms with Gasteiger partial charge < -0.3 is 14.8 Å². The van der Waals surface area contributed by atoms with Crippen molar-refractivity contribution in [1.29, 1.82) is 5.26 Å². The van der Waals surface area contributed by atoms with Gasteiger partial charge >= 0.3 is 5.97 Å². The van der Waals surface area contributed by atoms with E-state index in [4.69, 9.17) is 14.7 Å². The molecule has 2 aromatic carbocycles. The Bertz CT molecular complexity index is 825. The highest BCUT2D eigenvalue weighted by Crippen LogP contribution is 2.13. The summed E-state index contributed by atoms with van der Waals surface area (Å²) in [6.45, 7) is 3.89. The van der Waals surface area contributed by atoms with Gasteiger partial charge in [-0.05, 0) is 50.6 Å². The van der Waals surface area contributed by atoms with Crippen molar-refractivity contribution < 1.29 is 19.1 Å². The first kappa shape index (κ1) is 20.0. The van der Waals surface area contributed by atoms with E-state index in [1.165, 1.54) is 6.92 Å². The monoisotopic (exact) mass is 366 g/mol. The van der Waals surface area contributed by atoms with Gasteiger partial charge in [-0.2, -0.15) is 5.26 Å². The lowest BCUT2D eigenvalue weighted by molar-refractivity contribution is -0.153. The number of nitrogens with zero attached hydrogens (tertiary/aromatic N) is 1. The Balaban J connectivity index is 1.70. The van der Waals surface area contributed by atoms with Gasteiger partial charge in [0.15, 0.2) is 6.10 Å². The summed E-state index contributed by atoms with van der Waals surface area (Å²) in [6, 6.07) is 16.2. The molecule has 0 aromatic heterocycles. The van der Waals surface area contributed by atoms with Crippen LogP contribution >= 0.6 is 0 Å². The van der Waals surface area contributed by atoms with Crippen molar-refractivity contribution in [1.82, 2.24) is 0 Å². The molecule has 2 aromatic rings. The summed E-state index contributed by atoms with van der Waals surface area (Å²) in [4.78, 5) is 24.0. The normalized spacial score (nSPS) is 11.1. The third-order valence-corrected chi connectivity index (χ3v) is 3.75. The fourth-order valence-corrected chi connectivity index (χ4v) is 2.26. The van der Waals surface area contributed by atoms with E-state index < -0.39 is 18.0 Å². The first-order valence-electron chi connectivity index (χ1n) is 8.68. The number of carbonyl (C=O) groups excluding carboxylic acids is 2. The van der Waals surface area contributed by atoms with E-state index in [0.717, 1.165) is 11.3 Å². The lowest BCUT2D eigenvalue weighted by atomic mass is 10.2. The van der Waals surface area contributed by atoms with Crippen LogP contribution < -0.4 is 10.1 Å². The SMILES string of the molecule is Cc1ccc(OCCCC(=O)O[C@@H](C)C(=O)Nc2cccc(C#N)c2)cc1. The second-order valence-corrected chi connectivity index (χ2v) is 6.08. The Kier molecular flexibility index (Phi) is 7.38. The summed E-state index contributed by atoms with van der Waals surface area (Å²) >= 11 is 0. The minimum Gasteiger partial charge on any atom is -0.494 e. The molecule has 0 aliphatic heterocycles. The van der Waals surface area contributed by atoms with Crippen LogP contribution in [0.5, 0.6) is 5.75 Å². The Morgan fingerprint density at radius 1 is 1.19 bits per heavy atom. The Morgan fingerprint density at radius 3 is 2.63 bits per heavy atom. The molecule has 0 unspecified atom stereocenters.